The molecule has 0 radical (unpaired) electrons. The number of rotatable bonds is 2. The minimum Gasteiger partial charge on any atom is -0.476 e. The van der Waals surface area contributed by atoms with E-state index >= 15 is 0 Å². The van der Waals surface area contributed by atoms with Crippen molar-refractivity contribution < 1.29 is 9.90 Å². The Balaban J connectivity index is 1.81. The average Bonchev–Trinajstić information content (AvgIpc) is 2.70. The summed E-state index contributed by atoms with van der Waals surface area (Å²) in [6.07, 6.45) is 9.66. The highest BCUT2D eigenvalue weighted by Crippen LogP contribution is 2.61. The predicted molar refractivity (Wildman–Crippen MR) is 70.0 cm³/mol. The standard InChI is InChI=1S/C15H20N2O2/c1-17-8-12(13(16-17)14(18)19)15-5-9-2-10(6-15)4-11(3-9)7-15/h8-11H,2-7H2,1H3,(H,18,19). The molecule has 4 bridgehead atoms. The van der Waals surface area contributed by atoms with E-state index in [4.69, 9.17) is 0 Å². The smallest absolute Gasteiger partial charge is 0.356 e. The van der Waals surface area contributed by atoms with Crippen LogP contribution in [0.3, 0.4) is 0 Å². The van der Waals surface area contributed by atoms with Crippen LogP contribution in [0.4, 0.5) is 0 Å². The summed E-state index contributed by atoms with van der Waals surface area (Å²) in [6.45, 7) is 0. The van der Waals surface area contributed by atoms with Gasteiger partial charge in [-0.3, -0.25) is 4.68 Å². The molecule has 0 atom stereocenters. The van der Waals surface area contributed by atoms with Crippen LogP contribution < -0.4 is 0 Å². The van der Waals surface area contributed by atoms with Crippen molar-refractivity contribution >= 4 is 5.97 Å². The molecule has 4 fully saturated rings. The van der Waals surface area contributed by atoms with Crippen LogP contribution in [0.1, 0.15) is 54.6 Å². The van der Waals surface area contributed by atoms with E-state index in [1.165, 1.54) is 38.5 Å². The van der Waals surface area contributed by atoms with Crippen LogP contribution >= 0.6 is 0 Å². The zero-order valence-electron chi connectivity index (χ0n) is 11.3. The van der Waals surface area contributed by atoms with Crippen LogP contribution in [0.15, 0.2) is 6.20 Å². The second kappa shape index (κ2) is 3.62. The van der Waals surface area contributed by atoms with Gasteiger partial charge in [0.15, 0.2) is 5.69 Å². The highest BCUT2D eigenvalue weighted by molar-refractivity contribution is 5.87. The van der Waals surface area contributed by atoms with Crippen molar-refractivity contribution in [3.63, 3.8) is 0 Å². The Morgan fingerprint density at radius 2 is 1.79 bits per heavy atom. The molecule has 0 spiro atoms. The lowest BCUT2D eigenvalue weighted by molar-refractivity contribution is -0.00584. The van der Waals surface area contributed by atoms with E-state index in [0.29, 0.717) is 5.69 Å². The number of hydrogen-bond acceptors (Lipinski definition) is 2. The monoisotopic (exact) mass is 260 g/mol. The maximum Gasteiger partial charge on any atom is 0.356 e. The third-order valence-corrected chi connectivity index (χ3v) is 5.64. The quantitative estimate of drug-likeness (QED) is 0.889. The number of aromatic nitrogens is 2. The molecule has 1 aromatic rings. The van der Waals surface area contributed by atoms with Crippen molar-refractivity contribution in [3.8, 4) is 0 Å². The van der Waals surface area contributed by atoms with Crippen LogP contribution in [0.5, 0.6) is 0 Å². The van der Waals surface area contributed by atoms with Crippen LogP contribution in [0, 0.1) is 17.8 Å². The molecule has 102 valence electrons. The Kier molecular flexibility index (Phi) is 2.19. The summed E-state index contributed by atoms with van der Waals surface area (Å²) < 4.78 is 1.68. The van der Waals surface area contributed by atoms with Crippen molar-refractivity contribution in [2.75, 3.05) is 0 Å². The first-order valence-electron chi connectivity index (χ1n) is 7.33. The lowest BCUT2D eigenvalue weighted by Crippen LogP contribution is -2.48. The fraction of sp³-hybridized carbons (Fsp3) is 0.733. The summed E-state index contributed by atoms with van der Waals surface area (Å²) in [7, 11) is 1.83. The molecule has 4 nitrogen and oxygen atoms in total. The number of hydrogen-bond donors (Lipinski definition) is 1. The highest BCUT2D eigenvalue weighted by Gasteiger charge is 2.53. The van der Waals surface area contributed by atoms with Gasteiger partial charge in [-0.25, -0.2) is 4.79 Å². The van der Waals surface area contributed by atoms with Crippen LogP contribution in [-0.4, -0.2) is 20.9 Å². The number of aromatic carboxylic acids is 1. The van der Waals surface area contributed by atoms with Crippen molar-refractivity contribution in [1.82, 2.24) is 9.78 Å². The fourth-order valence-electron chi connectivity index (χ4n) is 5.48. The Morgan fingerprint density at radius 1 is 1.26 bits per heavy atom. The first-order chi connectivity index (χ1) is 9.06. The van der Waals surface area contributed by atoms with Gasteiger partial charge in [0, 0.05) is 24.2 Å². The summed E-state index contributed by atoms with van der Waals surface area (Å²) >= 11 is 0. The zero-order chi connectivity index (χ0) is 13.2. The van der Waals surface area contributed by atoms with Crippen LogP contribution in [0.25, 0.3) is 0 Å². The van der Waals surface area contributed by atoms with Gasteiger partial charge in [-0.05, 0) is 56.3 Å². The molecule has 4 aliphatic carbocycles. The minimum atomic E-state index is -0.869. The average molecular weight is 260 g/mol. The molecule has 1 N–H and O–H groups in total. The van der Waals surface area contributed by atoms with Gasteiger partial charge in [0.25, 0.3) is 0 Å². The molecule has 19 heavy (non-hydrogen) atoms. The first-order valence-corrected chi connectivity index (χ1v) is 7.33. The normalized spacial score (nSPS) is 39.7. The first kappa shape index (κ1) is 11.5. The molecule has 0 aromatic carbocycles. The van der Waals surface area contributed by atoms with Gasteiger partial charge in [-0.2, -0.15) is 5.10 Å². The lowest BCUT2D eigenvalue weighted by atomic mass is 9.48. The number of carboxylic acids is 1. The van der Waals surface area contributed by atoms with Gasteiger partial charge in [-0.1, -0.05) is 0 Å². The van der Waals surface area contributed by atoms with Gasteiger partial charge >= 0.3 is 5.97 Å². The van der Waals surface area contributed by atoms with Crippen LogP contribution in [0.2, 0.25) is 0 Å². The summed E-state index contributed by atoms with van der Waals surface area (Å²) in [4.78, 5) is 11.5. The van der Waals surface area contributed by atoms with Crippen LogP contribution in [-0.2, 0) is 12.5 Å². The zero-order valence-corrected chi connectivity index (χ0v) is 11.3. The molecule has 0 saturated heterocycles. The molecule has 4 saturated carbocycles. The molecule has 5 rings (SSSR count). The third-order valence-electron chi connectivity index (χ3n) is 5.64. The topological polar surface area (TPSA) is 55.1 Å². The van der Waals surface area contributed by atoms with E-state index in [1.54, 1.807) is 4.68 Å². The van der Waals surface area contributed by atoms with Crippen molar-refractivity contribution in [2.24, 2.45) is 24.8 Å². The lowest BCUT2D eigenvalue weighted by Gasteiger charge is -2.56. The maximum atomic E-state index is 11.5. The Bertz CT molecular complexity index is 511. The molecule has 4 heteroatoms. The molecular formula is C15H20N2O2. The van der Waals surface area contributed by atoms with E-state index in [2.05, 4.69) is 5.10 Å². The fourth-order valence-corrected chi connectivity index (χ4v) is 5.48. The van der Waals surface area contributed by atoms with Gasteiger partial charge < -0.3 is 5.11 Å². The second-order valence-corrected chi connectivity index (χ2v) is 7.07. The Morgan fingerprint density at radius 3 is 2.26 bits per heavy atom. The molecule has 0 aliphatic heterocycles. The van der Waals surface area contributed by atoms with Gasteiger partial charge in [0.1, 0.15) is 0 Å². The summed E-state index contributed by atoms with van der Waals surface area (Å²) in [5.41, 5.74) is 1.43. The molecule has 1 heterocycles. The van der Waals surface area contributed by atoms with E-state index < -0.39 is 5.97 Å². The number of nitrogens with zero attached hydrogens (tertiary/aromatic N) is 2. The van der Waals surface area contributed by atoms with Gasteiger partial charge in [0.2, 0.25) is 0 Å². The number of carboxylic acid groups (broad SMARTS) is 1. The molecule has 1 aromatic heterocycles. The molecule has 0 unspecified atom stereocenters. The second-order valence-electron chi connectivity index (χ2n) is 7.07. The van der Waals surface area contributed by atoms with E-state index in [0.717, 1.165) is 23.3 Å². The third kappa shape index (κ3) is 1.58. The van der Waals surface area contributed by atoms with Gasteiger partial charge in [0.05, 0.1) is 0 Å². The van der Waals surface area contributed by atoms with Crippen molar-refractivity contribution in [1.29, 1.82) is 0 Å². The summed E-state index contributed by atoms with van der Waals surface area (Å²) in [6, 6.07) is 0. The van der Waals surface area contributed by atoms with E-state index in [9.17, 15) is 9.90 Å². The van der Waals surface area contributed by atoms with E-state index in [1.807, 2.05) is 13.2 Å². The highest BCUT2D eigenvalue weighted by atomic mass is 16.4. The summed E-state index contributed by atoms with van der Waals surface area (Å²) in [5.74, 6) is 1.61. The minimum absolute atomic E-state index is 0.122. The molecular weight excluding hydrogens is 240 g/mol. The predicted octanol–water partition coefficient (Wildman–Crippen LogP) is 2.59. The van der Waals surface area contributed by atoms with Crippen molar-refractivity contribution in [3.05, 3.63) is 17.5 Å². The maximum absolute atomic E-state index is 11.5. The summed E-state index contributed by atoms with van der Waals surface area (Å²) in [5, 5.41) is 13.6. The Hall–Kier alpha value is -1.32. The van der Waals surface area contributed by atoms with Gasteiger partial charge in [-0.15, -0.1) is 0 Å². The van der Waals surface area contributed by atoms with E-state index in [-0.39, 0.29) is 5.41 Å². The largest absolute Gasteiger partial charge is 0.476 e. The number of carbonyl (C=O) groups is 1. The van der Waals surface area contributed by atoms with Crippen molar-refractivity contribution in [2.45, 2.75) is 43.9 Å². The SMILES string of the molecule is Cn1cc(C23CC4CC(CC(C4)C2)C3)c(C(=O)O)n1. The molecule has 0 amide bonds. The Labute approximate surface area is 112 Å². The number of aryl methyl sites for hydroxylation is 1. The molecule has 4 aliphatic rings.